The fourth-order valence-electron chi connectivity index (χ4n) is 2.04. The summed E-state index contributed by atoms with van der Waals surface area (Å²) >= 11 is 0. The van der Waals surface area contributed by atoms with Gasteiger partial charge in [-0.1, -0.05) is 0 Å². The Hall–Kier alpha value is -3.56. The maximum Gasteiger partial charge on any atom is 0.433 e. The number of furan rings is 1. The highest BCUT2D eigenvalue weighted by atomic mass is 16.6. The molecule has 1 amide bonds. The van der Waals surface area contributed by atoms with Crippen molar-refractivity contribution in [2.45, 2.75) is 6.54 Å². The van der Waals surface area contributed by atoms with Gasteiger partial charge in [0, 0.05) is 37.9 Å². The van der Waals surface area contributed by atoms with E-state index >= 15 is 0 Å². The standard InChI is InChI=1S/C14H12N6O4/c21-14(10-2-3-11(24-10)20(22)23)18-7-9-19-8-6-17-13(19)12-15-4-1-5-16-12/h1-6,8H,7,9H2,(H,18,21). The van der Waals surface area contributed by atoms with Crippen LogP contribution in [-0.4, -0.2) is 36.9 Å². The average Bonchev–Trinajstić information content (AvgIpc) is 3.25. The molecule has 0 aliphatic rings. The second kappa shape index (κ2) is 6.69. The van der Waals surface area contributed by atoms with Gasteiger partial charge in [-0.05, 0) is 12.1 Å². The fourth-order valence-corrected chi connectivity index (χ4v) is 2.04. The summed E-state index contributed by atoms with van der Waals surface area (Å²) in [4.78, 5) is 34.2. The van der Waals surface area contributed by atoms with Gasteiger partial charge < -0.3 is 14.3 Å². The molecule has 0 aromatic carbocycles. The first-order chi connectivity index (χ1) is 11.6. The van der Waals surface area contributed by atoms with Crippen molar-refractivity contribution in [2.24, 2.45) is 0 Å². The molecule has 0 radical (unpaired) electrons. The predicted molar refractivity (Wildman–Crippen MR) is 80.9 cm³/mol. The third-order valence-electron chi connectivity index (χ3n) is 3.12. The Labute approximate surface area is 135 Å². The average molecular weight is 328 g/mol. The molecule has 0 bridgehead atoms. The molecule has 0 unspecified atom stereocenters. The van der Waals surface area contributed by atoms with Crippen molar-refractivity contribution in [3.05, 3.63) is 58.9 Å². The molecule has 0 saturated carbocycles. The van der Waals surface area contributed by atoms with Crippen molar-refractivity contribution in [1.82, 2.24) is 24.8 Å². The number of hydrogen-bond donors (Lipinski definition) is 1. The quantitative estimate of drug-likeness (QED) is 0.533. The summed E-state index contributed by atoms with van der Waals surface area (Å²) in [5, 5.41) is 13.2. The van der Waals surface area contributed by atoms with E-state index in [1.165, 1.54) is 6.07 Å². The molecule has 0 aliphatic carbocycles. The normalized spacial score (nSPS) is 10.5. The van der Waals surface area contributed by atoms with E-state index < -0.39 is 16.7 Å². The van der Waals surface area contributed by atoms with E-state index in [0.717, 1.165) is 6.07 Å². The number of nitro groups is 1. The third kappa shape index (κ3) is 3.27. The van der Waals surface area contributed by atoms with Crippen LogP contribution >= 0.6 is 0 Å². The molecular weight excluding hydrogens is 316 g/mol. The van der Waals surface area contributed by atoms with Gasteiger partial charge >= 0.3 is 5.88 Å². The van der Waals surface area contributed by atoms with Crippen molar-refractivity contribution in [3.63, 3.8) is 0 Å². The van der Waals surface area contributed by atoms with Crippen LogP contribution in [0.3, 0.4) is 0 Å². The number of aromatic nitrogens is 4. The number of carbonyl (C=O) groups is 1. The van der Waals surface area contributed by atoms with Gasteiger partial charge in [0.15, 0.2) is 17.4 Å². The molecule has 10 nitrogen and oxygen atoms in total. The Balaban J connectivity index is 1.60. The van der Waals surface area contributed by atoms with Crippen LogP contribution in [0.25, 0.3) is 11.6 Å². The number of carbonyl (C=O) groups excluding carboxylic acids is 1. The molecule has 1 N–H and O–H groups in total. The lowest BCUT2D eigenvalue weighted by Crippen LogP contribution is -2.27. The van der Waals surface area contributed by atoms with Crippen LogP contribution in [0.5, 0.6) is 0 Å². The van der Waals surface area contributed by atoms with Crippen molar-refractivity contribution in [3.8, 4) is 11.6 Å². The Bertz CT molecular complexity index is 857. The number of nitrogens with zero attached hydrogens (tertiary/aromatic N) is 5. The summed E-state index contributed by atoms with van der Waals surface area (Å²) in [5.74, 6) is -0.0492. The van der Waals surface area contributed by atoms with Crippen LogP contribution in [0.15, 0.2) is 47.4 Å². The van der Waals surface area contributed by atoms with Gasteiger partial charge in [0.1, 0.15) is 4.92 Å². The van der Waals surface area contributed by atoms with Crippen LogP contribution in [0, 0.1) is 10.1 Å². The number of imidazole rings is 1. The lowest BCUT2D eigenvalue weighted by Gasteiger charge is -2.07. The van der Waals surface area contributed by atoms with Crippen LogP contribution in [-0.2, 0) is 6.54 Å². The second-order valence-electron chi connectivity index (χ2n) is 4.67. The Kier molecular flexibility index (Phi) is 4.27. The molecular formula is C14H12N6O4. The topological polar surface area (TPSA) is 129 Å². The van der Waals surface area contributed by atoms with Crippen molar-refractivity contribution < 1.29 is 14.1 Å². The maximum absolute atomic E-state index is 11.9. The van der Waals surface area contributed by atoms with Gasteiger partial charge in [-0.3, -0.25) is 14.9 Å². The Morgan fingerprint density at radius 3 is 2.75 bits per heavy atom. The molecule has 3 aromatic heterocycles. The largest absolute Gasteiger partial charge is 0.433 e. The van der Waals surface area contributed by atoms with E-state index in [1.807, 2.05) is 0 Å². The molecule has 0 aliphatic heterocycles. The highest BCUT2D eigenvalue weighted by Crippen LogP contribution is 2.15. The molecule has 0 atom stereocenters. The molecule has 24 heavy (non-hydrogen) atoms. The minimum Gasteiger partial charge on any atom is -0.395 e. The van der Waals surface area contributed by atoms with Gasteiger partial charge in [-0.2, -0.15) is 0 Å². The van der Waals surface area contributed by atoms with E-state index in [1.54, 1.807) is 35.4 Å². The minimum atomic E-state index is -0.700. The van der Waals surface area contributed by atoms with E-state index in [9.17, 15) is 14.9 Å². The molecule has 122 valence electrons. The monoisotopic (exact) mass is 328 g/mol. The molecule has 0 spiro atoms. The summed E-state index contributed by atoms with van der Waals surface area (Å²) in [7, 11) is 0. The smallest absolute Gasteiger partial charge is 0.395 e. The van der Waals surface area contributed by atoms with E-state index in [2.05, 4.69) is 20.3 Å². The van der Waals surface area contributed by atoms with Crippen molar-refractivity contribution in [1.29, 1.82) is 0 Å². The van der Waals surface area contributed by atoms with Crippen LogP contribution < -0.4 is 5.32 Å². The zero-order valence-corrected chi connectivity index (χ0v) is 12.3. The first kappa shape index (κ1) is 15.3. The van der Waals surface area contributed by atoms with Crippen molar-refractivity contribution >= 4 is 11.8 Å². The lowest BCUT2D eigenvalue weighted by molar-refractivity contribution is -0.402. The summed E-state index contributed by atoms with van der Waals surface area (Å²) in [6, 6.07) is 4.10. The fraction of sp³-hybridized carbons (Fsp3) is 0.143. The maximum atomic E-state index is 11.9. The highest BCUT2D eigenvalue weighted by molar-refractivity contribution is 5.91. The number of nitrogens with one attached hydrogen (secondary N) is 1. The summed E-state index contributed by atoms with van der Waals surface area (Å²) in [6.45, 7) is 0.714. The van der Waals surface area contributed by atoms with Crippen molar-refractivity contribution in [2.75, 3.05) is 6.54 Å². The minimum absolute atomic E-state index is 0.112. The van der Waals surface area contributed by atoms with E-state index in [0.29, 0.717) is 18.2 Å². The summed E-state index contributed by atoms with van der Waals surface area (Å²) in [5.41, 5.74) is 0. The van der Waals surface area contributed by atoms with Gasteiger partial charge in [0.2, 0.25) is 0 Å². The van der Waals surface area contributed by atoms with Gasteiger partial charge in [-0.25, -0.2) is 15.0 Å². The first-order valence-corrected chi connectivity index (χ1v) is 6.96. The van der Waals surface area contributed by atoms with Gasteiger partial charge in [0.05, 0.1) is 6.07 Å². The number of amides is 1. The Morgan fingerprint density at radius 1 is 1.25 bits per heavy atom. The summed E-state index contributed by atoms with van der Waals surface area (Å²) < 4.78 is 6.63. The van der Waals surface area contributed by atoms with Gasteiger partial charge in [0.25, 0.3) is 5.91 Å². The van der Waals surface area contributed by atoms with Gasteiger partial charge in [-0.15, -0.1) is 0 Å². The number of hydrogen-bond acceptors (Lipinski definition) is 7. The van der Waals surface area contributed by atoms with E-state index in [-0.39, 0.29) is 12.3 Å². The molecule has 10 heteroatoms. The second-order valence-corrected chi connectivity index (χ2v) is 4.67. The Morgan fingerprint density at radius 2 is 2.04 bits per heavy atom. The van der Waals surface area contributed by atoms with E-state index in [4.69, 9.17) is 4.42 Å². The molecule has 3 aromatic rings. The molecule has 3 heterocycles. The zero-order valence-electron chi connectivity index (χ0n) is 12.3. The van der Waals surface area contributed by atoms with Crippen LogP contribution in [0.2, 0.25) is 0 Å². The SMILES string of the molecule is O=C(NCCn1ccnc1-c1ncccn1)c1ccc([N+](=O)[O-])o1. The molecule has 3 rings (SSSR count). The predicted octanol–water partition coefficient (Wildman–Crippen LogP) is 1.27. The zero-order chi connectivity index (χ0) is 16.9. The van der Waals surface area contributed by atoms with Crippen LogP contribution in [0.4, 0.5) is 5.88 Å². The van der Waals surface area contributed by atoms with Crippen LogP contribution in [0.1, 0.15) is 10.6 Å². The molecule has 0 fully saturated rings. The molecule has 0 saturated heterocycles. The number of rotatable bonds is 6. The first-order valence-electron chi connectivity index (χ1n) is 6.96. The highest BCUT2D eigenvalue weighted by Gasteiger charge is 2.17. The third-order valence-corrected chi connectivity index (χ3v) is 3.12. The lowest BCUT2D eigenvalue weighted by atomic mass is 10.4. The summed E-state index contributed by atoms with van der Waals surface area (Å²) in [6.07, 6.45) is 6.60.